The zero-order valence-corrected chi connectivity index (χ0v) is 15.3. The van der Waals surface area contributed by atoms with Gasteiger partial charge in [0.15, 0.2) is 0 Å². The Bertz CT molecular complexity index is 637. The van der Waals surface area contributed by atoms with Gasteiger partial charge in [0.2, 0.25) is 5.91 Å². The maximum absolute atomic E-state index is 12.9. The number of hydrogen-bond acceptors (Lipinski definition) is 7. The van der Waals surface area contributed by atoms with Gasteiger partial charge in [0, 0.05) is 4.75 Å². The van der Waals surface area contributed by atoms with Crippen LogP contribution in [0.15, 0.2) is 0 Å². The molecule has 1 N–H and O–H groups in total. The van der Waals surface area contributed by atoms with Gasteiger partial charge in [-0.3, -0.25) is 14.4 Å². The number of esters is 2. The van der Waals surface area contributed by atoms with Crippen molar-refractivity contribution in [3.05, 3.63) is 0 Å². The highest BCUT2D eigenvalue weighted by Gasteiger charge is 2.90. The number of aliphatic carboxylic acids is 1. The summed E-state index contributed by atoms with van der Waals surface area (Å²) in [4.78, 5) is 50.5. The minimum Gasteiger partial charge on any atom is -0.480 e. The summed E-state index contributed by atoms with van der Waals surface area (Å²) in [5, 5.41) is 8.97. The van der Waals surface area contributed by atoms with Crippen LogP contribution in [0, 0.1) is 17.3 Å². The number of hydrogen-bond donors (Lipinski definition) is 1. The fraction of sp³-hybridized carbons (Fsp3) is 0.750. The smallest absolute Gasteiger partial charge is 0.327 e. The van der Waals surface area contributed by atoms with Gasteiger partial charge < -0.3 is 19.5 Å². The van der Waals surface area contributed by atoms with E-state index < -0.39 is 57.2 Å². The molecule has 2 saturated heterocycles. The number of carboxylic acids is 1. The third kappa shape index (κ3) is 2.14. The molecule has 138 valence electrons. The first-order chi connectivity index (χ1) is 11.7. The van der Waals surface area contributed by atoms with Gasteiger partial charge in [-0.15, -0.1) is 11.8 Å². The first-order valence-corrected chi connectivity index (χ1v) is 9.10. The lowest BCUT2D eigenvalue weighted by molar-refractivity contribution is -0.170. The van der Waals surface area contributed by atoms with E-state index in [1.54, 1.807) is 27.7 Å². The van der Waals surface area contributed by atoms with Crippen LogP contribution < -0.4 is 0 Å². The minimum absolute atomic E-state index is 0.139. The van der Waals surface area contributed by atoms with E-state index in [-0.39, 0.29) is 13.2 Å². The molecule has 2 aliphatic heterocycles. The highest BCUT2D eigenvalue weighted by atomic mass is 32.2. The molecule has 3 aliphatic rings. The lowest BCUT2D eigenvalue weighted by Gasteiger charge is -2.45. The number of thioether (sulfide) groups is 1. The van der Waals surface area contributed by atoms with Gasteiger partial charge in [0.25, 0.3) is 0 Å². The summed E-state index contributed by atoms with van der Waals surface area (Å²) < 4.78 is 9.35. The van der Waals surface area contributed by atoms with Crippen molar-refractivity contribution in [1.82, 2.24) is 4.90 Å². The molecule has 1 amide bonds. The van der Waals surface area contributed by atoms with E-state index in [4.69, 9.17) is 9.47 Å². The van der Waals surface area contributed by atoms with Crippen molar-refractivity contribution in [2.75, 3.05) is 13.2 Å². The fourth-order valence-electron chi connectivity index (χ4n) is 4.22. The zero-order chi connectivity index (χ0) is 18.7. The highest BCUT2D eigenvalue weighted by Crippen LogP contribution is 2.75. The molecule has 0 aromatic rings. The summed E-state index contributed by atoms with van der Waals surface area (Å²) in [6.07, 6.45) is 0. The molecule has 1 aliphatic carbocycles. The highest BCUT2D eigenvalue weighted by molar-refractivity contribution is 8.01. The van der Waals surface area contributed by atoms with E-state index in [2.05, 4.69) is 0 Å². The predicted molar refractivity (Wildman–Crippen MR) is 86.4 cm³/mol. The normalized spacial score (nSPS) is 37.3. The van der Waals surface area contributed by atoms with Crippen molar-refractivity contribution in [3.63, 3.8) is 0 Å². The van der Waals surface area contributed by atoms with Gasteiger partial charge in [-0.2, -0.15) is 0 Å². The maximum atomic E-state index is 12.9. The van der Waals surface area contributed by atoms with Crippen molar-refractivity contribution < 1.29 is 33.8 Å². The standard InChI is InChI=1S/C16H21NO7S/c1-5-23-11(20)7-8(12(21)24-6-2)16(7)13(22)17-9(10(18)19)15(3,4)25-14(16)17/h7-9,14H,5-6H2,1-4H3,(H,18,19)/t7-,8-,9-,14+/m0/s1. The van der Waals surface area contributed by atoms with Crippen molar-refractivity contribution in [2.45, 2.75) is 43.9 Å². The van der Waals surface area contributed by atoms with E-state index in [1.807, 2.05) is 0 Å². The number of rotatable bonds is 5. The quantitative estimate of drug-likeness (QED) is 0.549. The van der Waals surface area contributed by atoms with Crippen LogP contribution in [0.3, 0.4) is 0 Å². The number of ether oxygens (including phenoxy) is 2. The average molecular weight is 371 g/mol. The Morgan fingerprint density at radius 2 is 1.60 bits per heavy atom. The van der Waals surface area contributed by atoms with Gasteiger partial charge in [-0.1, -0.05) is 0 Å². The van der Waals surface area contributed by atoms with Crippen LogP contribution in [0.5, 0.6) is 0 Å². The SMILES string of the molecule is CCOC(=O)[C@@H]1[C@@H](C(=O)OCC)C12C(=O)N1[C@@H](C(=O)O)C(C)(C)S[C@@H]12. The summed E-state index contributed by atoms with van der Waals surface area (Å²) in [6, 6.07) is -0.994. The van der Waals surface area contributed by atoms with E-state index >= 15 is 0 Å². The van der Waals surface area contributed by atoms with Gasteiger partial charge in [-0.25, -0.2) is 4.79 Å². The van der Waals surface area contributed by atoms with Gasteiger partial charge in [-0.05, 0) is 27.7 Å². The molecule has 0 aromatic carbocycles. The Kier molecular flexibility index (Phi) is 4.05. The van der Waals surface area contributed by atoms with Crippen molar-refractivity contribution in [2.24, 2.45) is 17.3 Å². The summed E-state index contributed by atoms with van der Waals surface area (Å²) in [5.41, 5.74) is -1.23. The molecule has 4 atom stereocenters. The molecule has 25 heavy (non-hydrogen) atoms. The second-order valence-corrected chi connectivity index (χ2v) is 8.65. The van der Waals surface area contributed by atoms with Crippen LogP contribution in [0.25, 0.3) is 0 Å². The summed E-state index contributed by atoms with van der Waals surface area (Å²) in [5.74, 6) is -4.59. The van der Waals surface area contributed by atoms with Gasteiger partial charge in [0.1, 0.15) is 11.5 Å². The van der Waals surface area contributed by atoms with Gasteiger partial charge in [0.05, 0.1) is 30.4 Å². The number of β-lactam (4-membered cyclic amide) rings is 1. The van der Waals surface area contributed by atoms with Gasteiger partial charge >= 0.3 is 17.9 Å². The molecule has 0 bridgehead atoms. The number of carbonyl (C=O) groups excluding carboxylic acids is 3. The molecule has 0 unspecified atom stereocenters. The molecule has 2 heterocycles. The molecule has 3 fully saturated rings. The third-order valence-corrected chi connectivity index (χ3v) is 6.86. The van der Waals surface area contributed by atoms with Crippen molar-refractivity contribution in [1.29, 1.82) is 0 Å². The molecular formula is C16H21NO7S. The molecule has 0 radical (unpaired) electrons. The van der Waals surface area contributed by atoms with Crippen molar-refractivity contribution in [3.8, 4) is 0 Å². The summed E-state index contributed by atoms with van der Waals surface area (Å²) in [6.45, 7) is 7.07. The molecule has 9 heteroatoms. The topological polar surface area (TPSA) is 110 Å². The predicted octanol–water partition coefficient (Wildman–Crippen LogP) is 0.492. The van der Waals surface area contributed by atoms with Crippen LogP contribution in [0.1, 0.15) is 27.7 Å². The second kappa shape index (κ2) is 5.62. The molecule has 1 spiro atoms. The van der Waals surface area contributed by atoms with Crippen LogP contribution in [-0.4, -0.2) is 63.2 Å². The molecular weight excluding hydrogens is 350 g/mol. The summed E-state index contributed by atoms with van der Waals surface area (Å²) >= 11 is 1.31. The number of fused-ring (bicyclic) bond motifs is 2. The number of amides is 1. The Morgan fingerprint density at radius 1 is 1.12 bits per heavy atom. The third-order valence-electron chi connectivity index (χ3n) is 5.19. The van der Waals surface area contributed by atoms with Crippen LogP contribution in [0.2, 0.25) is 0 Å². The van der Waals surface area contributed by atoms with Crippen LogP contribution in [0.4, 0.5) is 0 Å². The number of nitrogens with zero attached hydrogens (tertiary/aromatic N) is 1. The Balaban J connectivity index is 1.95. The Labute approximate surface area is 149 Å². The molecule has 1 saturated carbocycles. The Morgan fingerprint density at radius 3 is 2.00 bits per heavy atom. The first kappa shape index (κ1) is 18.0. The van der Waals surface area contributed by atoms with E-state index in [0.717, 1.165) is 0 Å². The lowest BCUT2D eigenvalue weighted by Crippen LogP contribution is -2.65. The Hall–Kier alpha value is -1.77. The largest absolute Gasteiger partial charge is 0.480 e. The number of carboxylic acid groups (broad SMARTS) is 1. The van der Waals surface area contributed by atoms with Crippen LogP contribution >= 0.6 is 11.8 Å². The lowest BCUT2D eigenvalue weighted by atomic mass is 9.86. The van der Waals surface area contributed by atoms with E-state index in [0.29, 0.717) is 0 Å². The van der Waals surface area contributed by atoms with E-state index in [1.165, 1.54) is 16.7 Å². The summed E-state index contributed by atoms with van der Waals surface area (Å²) in [7, 11) is 0. The zero-order valence-electron chi connectivity index (χ0n) is 14.5. The monoisotopic (exact) mass is 371 g/mol. The molecule has 8 nitrogen and oxygen atoms in total. The maximum Gasteiger partial charge on any atom is 0.327 e. The number of carbonyl (C=O) groups is 4. The fourth-order valence-corrected chi connectivity index (χ4v) is 6.06. The molecule has 3 rings (SSSR count). The second-order valence-electron chi connectivity index (χ2n) is 6.92. The van der Waals surface area contributed by atoms with E-state index in [9.17, 15) is 24.3 Å². The average Bonchev–Trinajstić information content (AvgIpc) is 3.17. The first-order valence-electron chi connectivity index (χ1n) is 8.22. The minimum atomic E-state index is -1.23. The molecule has 0 aromatic heterocycles. The van der Waals surface area contributed by atoms with Crippen molar-refractivity contribution >= 4 is 35.6 Å². The van der Waals surface area contributed by atoms with Crippen LogP contribution in [-0.2, 0) is 28.7 Å².